The average molecular weight is 315 g/mol. The highest BCUT2D eigenvalue weighted by Crippen LogP contribution is 2.33. The number of esters is 1. The molecule has 1 atom stereocenters. The number of fused-ring (bicyclic) bond motifs is 2. The molecule has 4 rings (SSSR count). The summed E-state index contributed by atoms with van der Waals surface area (Å²) in [6.45, 7) is 3.05. The van der Waals surface area contributed by atoms with E-state index in [0.717, 1.165) is 49.6 Å². The van der Waals surface area contributed by atoms with E-state index in [9.17, 15) is 4.79 Å². The van der Waals surface area contributed by atoms with E-state index in [4.69, 9.17) is 4.74 Å². The van der Waals surface area contributed by atoms with Crippen LogP contribution in [0.1, 0.15) is 55.6 Å². The number of aryl methyl sites for hydroxylation is 1. The van der Waals surface area contributed by atoms with Crippen molar-refractivity contribution >= 4 is 5.97 Å². The smallest absolute Gasteiger partial charge is 0.316 e. The van der Waals surface area contributed by atoms with Crippen LogP contribution in [-0.4, -0.2) is 37.5 Å². The van der Waals surface area contributed by atoms with E-state index in [-0.39, 0.29) is 11.9 Å². The first-order chi connectivity index (χ1) is 11.3. The van der Waals surface area contributed by atoms with Crippen molar-refractivity contribution < 1.29 is 9.53 Å². The number of carbonyl (C=O) groups excluding carboxylic acids is 1. The Kier molecular flexibility index (Phi) is 3.63. The van der Waals surface area contributed by atoms with Gasteiger partial charge in [0.25, 0.3) is 0 Å². The molecule has 1 aliphatic carbocycles. The summed E-state index contributed by atoms with van der Waals surface area (Å²) in [6.07, 6.45) is 6.17. The van der Waals surface area contributed by atoms with Crippen molar-refractivity contribution in [2.24, 2.45) is 0 Å². The Morgan fingerprint density at radius 3 is 3.04 bits per heavy atom. The first kappa shape index (κ1) is 14.4. The normalized spacial score (nSPS) is 20.0. The van der Waals surface area contributed by atoms with Crippen LogP contribution < -0.4 is 0 Å². The van der Waals surface area contributed by atoms with Crippen molar-refractivity contribution in [3.63, 3.8) is 0 Å². The molecule has 2 aromatic rings. The molecule has 0 saturated carbocycles. The highest BCUT2D eigenvalue weighted by Gasteiger charge is 2.33. The maximum absolute atomic E-state index is 12.2. The molecule has 0 aromatic carbocycles. The van der Waals surface area contributed by atoms with Gasteiger partial charge in [0.1, 0.15) is 17.4 Å². The molecule has 2 aliphatic rings. The zero-order valence-corrected chi connectivity index (χ0v) is 13.3. The third-order valence-corrected chi connectivity index (χ3v) is 4.80. The maximum atomic E-state index is 12.2. The van der Waals surface area contributed by atoms with Crippen LogP contribution in [0.4, 0.5) is 0 Å². The predicted molar refractivity (Wildman–Crippen MR) is 82.9 cm³/mol. The molecule has 0 fully saturated rings. The lowest BCUT2D eigenvalue weighted by Crippen LogP contribution is -2.25. The Bertz CT molecular complexity index is 733. The Labute approximate surface area is 134 Å². The minimum absolute atomic E-state index is 0.198. The fourth-order valence-corrected chi connectivity index (χ4v) is 3.68. The quantitative estimate of drug-likeness (QED) is 0.875. The van der Waals surface area contributed by atoms with Gasteiger partial charge in [0.2, 0.25) is 0 Å². The number of nitrogens with zero attached hydrogens (tertiary/aromatic N) is 4. The number of hydrogen-bond acceptors (Lipinski definition) is 5. The minimum Gasteiger partial charge on any atom is -0.465 e. The largest absolute Gasteiger partial charge is 0.465 e. The van der Waals surface area contributed by atoms with Crippen LogP contribution in [0.15, 0.2) is 0 Å². The van der Waals surface area contributed by atoms with Gasteiger partial charge in [0, 0.05) is 17.8 Å². The minimum atomic E-state index is -0.306. The van der Waals surface area contributed by atoms with Gasteiger partial charge in [-0.2, -0.15) is 5.10 Å². The molecule has 0 radical (unpaired) electrons. The lowest BCUT2D eigenvalue weighted by molar-refractivity contribution is -0.145. The van der Waals surface area contributed by atoms with Crippen molar-refractivity contribution in [1.82, 2.24) is 25.0 Å². The molecule has 7 nitrogen and oxygen atoms in total. The molecule has 1 unspecified atom stereocenters. The van der Waals surface area contributed by atoms with Gasteiger partial charge in [-0.25, -0.2) is 0 Å². The van der Waals surface area contributed by atoms with Gasteiger partial charge >= 0.3 is 5.97 Å². The lowest BCUT2D eigenvalue weighted by Gasteiger charge is -2.22. The van der Waals surface area contributed by atoms with E-state index in [1.165, 1.54) is 24.1 Å². The summed E-state index contributed by atoms with van der Waals surface area (Å²) in [5, 5.41) is 16.3. The van der Waals surface area contributed by atoms with Crippen LogP contribution in [-0.2, 0) is 28.9 Å². The van der Waals surface area contributed by atoms with Crippen molar-refractivity contribution in [2.75, 3.05) is 6.61 Å². The fraction of sp³-hybridized carbons (Fsp3) is 0.625. The summed E-state index contributed by atoms with van der Waals surface area (Å²) in [4.78, 5) is 12.2. The number of hydrogen-bond donors (Lipinski definition) is 1. The van der Waals surface area contributed by atoms with Crippen LogP contribution in [0, 0.1) is 0 Å². The van der Waals surface area contributed by atoms with Gasteiger partial charge < -0.3 is 9.30 Å². The van der Waals surface area contributed by atoms with E-state index in [1.807, 2.05) is 6.92 Å². The third kappa shape index (κ3) is 2.34. The summed E-state index contributed by atoms with van der Waals surface area (Å²) in [5.41, 5.74) is 3.40. The first-order valence-electron chi connectivity index (χ1n) is 8.45. The Balaban J connectivity index is 1.73. The topological polar surface area (TPSA) is 85.7 Å². The maximum Gasteiger partial charge on any atom is 0.316 e. The van der Waals surface area contributed by atoms with E-state index in [1.54, 1.807) is 0 Å². The van der Waals surface area contributed by atoms with Gasteiger partial charge in [0.15, 0.2) is 5.82 Å². The first-order valence-corrected chi connectivity index (χ1v) is 8.45. The molecule has 7 heteroatoms. The molecule has 0 bridgehead atoms. The molecule has 3 heterocycles. The van der Waals surface area contributed by atoms with Crippen LogP contribution in [0.2, 0.25) is 0 Å². The van der Waals surface area contributed by atoms with E-state index in [0.29, 0.717) is 6.61 Å². The number of nitrogens with one attached hydrogen (secondary N) is 1. The van der Waals surface area contributed by atoms with Gasteiger partial charge in [-0.15, -0.1) is 10.2 Å². The van der Waals surface area contributed by atoms with Gasteiger partial charge in [-0.3, -0.25) is 9.89 Å². The molecule has 0 amide bonds. The van der Waals surface area contributed by atoms with Crippen molar-refractivity contribution in [1.29, 1.82) is 0 Å². The third-order valence-electron chi connectivity index (χ3n) is 4.80. The van der Waals surface area contributed by atoms with E-state index >= 15 is 0 Å². The summed E-state index contributed by atoms with van der Waals surface area (Å²) in [6, 6.07) is 0. The molecular weight excluding hydrogens is 294 g/mol. The predicted octanol–water partition coefficient (Wildman–Crippen LogP) is 1.99. The molecule has 0 saturated heterocycles. The highest BCUT2D eigenvalue weighted by molar-refractivity contribution is 5.77. The number of rotatable bonds is 3. The molecule has 2 aromatic heterocycles. The summed E-state index contributed by atoms with van der Waals surface area (Å²) >= 11 is 0. The Hall–Kier alpha value is -2.18. The number of aromatic nitrogens is 5. The number of aromatic amines is 1. The molecule has 0 spiro atoms. The molecule has 23 heavy (non-hydrogen) atoms. The van der Waals surface area contributed by atoms with Crippen molar-refractivity contribution in [3.8, 4) is 11.5 Å². The zero-order valence-electron chi connectivity index (χ0n) is 13.3. The second-order valence-corrected chi connectivity index (χ2v) is 6.22. The SMILES string of the molecule is CCOC(=O)C1CCCn2c(-c3n[nH]c4c3CCCC4)nnc21. The summed E-state index contributed by atoms with van der Waals surface area (Å²) in [7, 11) is 0. The second-order valence-electron chi connectivity index (χ2n) is 6.22. The number of ether oxygens (including phenoxy) is 1. The van der Waals surface area contributed by atoms with Crippen molar-refractivity contribution in [3.05, 3.63) is 17.1 Å². The van der Waals surface area contributed by atoms with Gasteiger partial charge in [-0.05, 0) is 45.4 Å². The van der Waals surface area contributed by atoms with E-state index in [2.05, 4.69) is 25.0 Å². The highest BCUT2D eigenvalue weighted by atomic mass is 16.5. The zero-order chi connectivity index (χ0) is 15.8. The monoisotopic (exact) mass is 315 g/mol. The lowest BCUT2D eigenvalue weighted by atomic mass is 9.95. The van der Waals surface area contributed by atoms with Crippen LogP contribution >= 0.6 is 0 Å². The van der Waals surface area contributed by atoms with E-state index < -0.39 is 0 Å². The van der Waals surface area contributed by atoms with Gasteiger partial charge in [0.05, 0.1) is 6.61 Å². The standard InChI is InChI=1S/C16H21N5O2/c1-2-23-16(22)11-7-5-9-21-14(11)19-20-15(21)13-10-6-3-4-8-12(10)17-18-13/h11H,2-9H2,1H3,(H,17,18). The molecular formula is C16H21N5O2. The second kappa shape index (κ2) is 5.79. The Morgan fingerprint density at radius 2 is 2.17 bits per heavy atom. The molecule has 122 valence electrons. The van der Waals surface area contributed by atoms with Crippen molar-refractivity contribution in [2.45, 2.75) is 57.9 Å². The molecule has 1 aliphatic heterocycles. The number of H-pyrrole nitrogens is 1. The van der Waals surface area contributed by atoms with Crippen LogP contribution in [0.5, 0.6) is 0 Å². The van der Waals surface area contributed by atoms with Gasteiger partial charge in [-0.1, -0.05) is 0 Å². The molecule has 1 N–H and O–H groups in total. The van der Waals surface area contributed by atoms with Crippen LogP contribution in [0.3, 0.4) is 0 Å². The summed E-state index contributed by atoms with van der Waals surface area (Å²) in [5.74, 6) is 1.00. The summed E-state index contributed by atoms with van der Waals surface area (Å²) < 4.78 is 7.24. The number of carbonyl (C=O) groups is 1. The Morgan fingerprint density at radius 1 is 1.30 bits per heavy atom. The average Bonchev–Trinajstić information content (AvgIpc) is 3.18. The fourth-order valence-electron chi connectivity index (χ4n) is 3.68. The van der Waals surface area contributed by atoms with Crippen LogP contribution in [0.25, 0.3) is 11.5 Å².